The molecule has 0 fully saturated rings. The zero-order chi connectivity index (χ0) is 20.0. The molecule has 0 atom stereocenters. The maximum atomic E-state index is 6.50. The van der Waals surface area contributed by atoms with Gasteiger partial charge in [-0.2, -0.15) is 0 Å². The molecule has 0 unspecified atom stereocenters. The van der Waals surface area contributed by atoms with Crippen molar-refractivity contribution in [3.63, 3.8) is 0 Å². The molecule has 2 heterocycles. The Hall–Kier alpha value is -3.78. The van der Waals surface area contributed by atoms with Crippen molar-refractivity contribution in [2.75, 3.05) is 0 Å². The lowest BCUT2D eigenvalue weighted by Gasteiger charge is -2.03. The molecule has 0 aliphatic rings. The molecule has 0 spiro atoms. The lowest BCUT2D eigenvalue weighted by atomic mass is 9.99. The van der Waals surface area contributed by atoms with Crippen LogP contribution in [0, 0.1) is 13.8 Å². The average molecular weight is 386 g/mol. The third kappa shape index (κ3) is 1.93. The highest BCUT2D eigenvalue weighted by Gasteiger charge is 2.19. The van der Waals surface area contributed by atoms with Crippen LogP contribution in [0.4, 0.5) is 0 Å². The monoisotopic (exact) mass is 386 g/mol. The van der Waals surface area contributed by atoms with E-state index in [2.05, 4.69) is 86.6 Å². The molecule has 30 heavy (non-hydrogen) atoms. The molecule has 7 rings (SSSR count). The highest BCUT2D eigenvalue weighted by Crippen LogP contribution is 2.42. The van der Waals surface area contributed by atoms with Gasteiger partial charge in [-0.3, -0.25) is 0 Å². The van der Waals surface area contributed by atoms with Gasteiger partial charge in [-0.05, 0) is 59.8 Å². The minimum atomic E-state index is 0.827. The van der Waals surface area contributed by atoms with Gasteiger partial charge in [-0.15, -0.1) is 0 Å². The van der Waals surface area contributed by atoms with Gasteiger partial charge < -0.3 is 8.83 Å². The Morgan fingerprint density at radius 3 is 2.13 bits per heavy atom. The highest BCUT2D eigenvalue weighted by molar-refractivity contribution is 6.26. The second kappa shape index (κ2) is 5.43. The largest absolute Gasteiger partial charge is 0.452 e. The lowest BCUT2D eigenvalue weighted by molar-refractivity contribution is 0.635. The van der Waals surface area contributed by atoms with E-state index in [1.807, 2.05) is 0 Å². The standard InChI is InChI=1S/C28H18O2/c1-15-7-9-19-17(13-15)8-10-21-22-11-12-23-25-20-6-4-3-5-18(20)16(2)14-24(25)29-28(23)27(22)30-26(19)21/h3-14H,1-2H3. The van der Waals surface area contributed by atoms with Crippen LogP contribution in [0.1, 0.15) is 11.1 Å². The SMILES string of the molecule is Cc1ccc2c(ccc3c4ccc5c(oc6cc(C)c7ccccc7c65)c4oc23)c1. The Morgan fingerprint density at radius 2 is 1.23 bits per heavy atom. The first-order valence-electron chi connectivity index (χ1n) is 10.3. The van der Waals surface area contributed by atoms with Gasteiger partial charge in [-0.1, -0.05) is 54.1 Å². The predicted molar refractivity (Wildman–Crippen MR) is 125 cm³/mol. The van der Waals surface area contributed by atoms with Crippen LogP contribution in [0.25, 0.3) is 65.4 Å². The summed E-state index contributed by atoms with van der Waals surface area (Å²) >= 11 is 0. The molecule has 5 aromatic carbocycles. The van der Waals surface area contributed by atoms with Gasteiger partial charge in [0.25, 0.3) is 0 Å². The van der Waals surface area contributed by atoms with Crippen LogP contribution >= 0.6 is 0 Å². The third-order valence-corrected chi connectivity index (χ3v) is 6.43. The van der Waals surface area contributed by atoms with Crippen molar-refractivity contribution in [2.24, 2.45) is 0 Å². The van der Waals surface area contributed by atoms with E-state index >= 15 is 0 Å². The molecule has 0 aliphatic carbocycles. The lowest BCUT2D eigenvalue weighted by Crippen LogP contribution is -1.79. The summed E-state index contributed by atoms with van der Waals surface area (Å²) in [6, 6.07) is 25.9. The van der Waals surface area contributed by atoms with Crippen molar-refractivity contribution in [1.29, 1.82) is 0 Å². The summed E-state index contributed by atoms with van der Waals surface area (Å²) in [5.41, 5.74) is 5.97. The molecule has 2 aromatic heterocycles. The second-order valence-electron chi connectivity index (χ2n) is 8.30. The molecule has 142 valence electrons. The van der Waals surface area contributed by atoms with Crippen LogP contribution in [0.2, 0.25) is 0 Å². The number of hydrogen-bond acceptors (Lipinski definition) is 2. The zero-order valence-electron chi connectivity index (χ0n) is 16.7. The number of aryl methyl sites for hydroxylation is 2. The molecule has 0 saturated heterocycles. The Labute approximate surface area is 172 Å². The first kappa shape index (κ1) is 16.1. The smallest absolute Gasteiger partial charge is 0.178 e. The third-order valence-electron chi connectivity index (χ3n) is 6.43. The fraction of sp³-hybridized carbons (Fsp3) is 0.0714. The van der Waals surface area contributed by atoms with Crippen LogP contribution in [-0.4, -0.2) is 0 Å². The fourth-order valence-electron chi connectivity index (χ4n) is 5.01. The Kier molecular flexibility index (Phi) is 2.91. The van der Waals surface area contributed by atoms with E-state index in [0.29, 0.717) is 0 Å². The maximum absolute atomic E-state index is 6.50. The second-order valence-corrected chi connectivity index (χ2v) is 8.30. The van der Waals surface area contributed by atoms with E-state index in [4.69, 9.17) is 8.83 Å². The highest BCUT2D eigenvalue weighted by atomic mass is 16.4. The van der Waals surface area contributed by atoms with Crippen molar-refractivity contribution < 1.29 is 8.83 Å². The molecular weight excluding hydrogens is 368 g/mol. The molecule has 2 nitrogen and oxygen atoms in total. The summed E-state index contributed by atoms with van der Waals surface area (Å²) in [7, 11) is 0. The van der Waals surface area contributed by atoms with Gasteiger partial charge in [0.1, 0.15) is 11.2 Å². The van der Waals surface area contributed by atoms with Gasteiger partial charge >= 0.3 is 0 Å². The number of benzene rings is 5. The van der Waals surface area contributed by atoms with Gasteiger partial charge in [0, 0.05) is 26.9 Å². The van der Waals surface area contributed by atoms with E-state index in [0.717, 1.165) is 49.3 Å². The minimum Gasteiger partial charge on any atom is -0.452 e. The first-order chi connectivity index (χ1) is 14.7. The summed E-state index contributed by atoms with van der Waals surface area (Å²) < 4.78 is 12.9. The average Bonchev–Trinajstić information content (AvgIpc) is 3.32. The molecule has 0 saturated carbocycles. The summed E-state index contributed by atoms with van der Waals surface area (Å²) in [6.45, 7) is 4.26. The summed E-state index contributed by atoms with van der Waals surface area (Å²) in [4.78, 5) is 0. The van der Waals surface area contributed by atoms with E-state index in [1.54, 1.807) is 0 Å². The Bertz CT molecular complexity index is 1810. The number of rotatable bonds is 0. The summed E-state index contributed by atoms with van der Waals surface area (Å²) in [5, 5.41) is 9.32. The van der Waals surface area contributed by atoms with Crippen molar-refractivity contribution >= 4 is 65.4 Å². The number of hydrogen-bond donors (Lipinski definition) is 0. The molecule has 0 radical (unpaired) electrons. The zero-order valence-corrected chi connectivity index (χ0v) is 16.7. The Balaban J connectivity index is 1.69. The first-order valence-corrected chi connectivity index (χ1v) is 10.3. The predicted octanol–water partition coefficient (Wildman–Crippen LogP) is 8.41. The van der Waals surface area contributed by atoms with Crippen LogP contribution < -0.4 is 0 Å². The number of fused-ring (bicyclic) bond motifs is 11. The fourth-order valence-corrected chi connectivity index (χ4v) is 5.01. The van der Waals surface area contributed by atoms with E-state index < -0.39 is 0 Å². The summed E-state index contributed by atoms with van der Waals surface area (Å²) in [5.74, 6) is 0. The van der Waals surface area contributed by atoms with Crippen molar-refractivity contribution in [3.05, 3.63) is 83.9 Å². The molecule has 2 heteroatoms. The van der Waals surface area contributed by atoms with Gasteiger partial charge in [-0.25, -0.2) is 0 Å². The van der Waals surface area contributed by atoms with Crippen LogP contribution in [0.3, 0.4) is 0 Å². The Morgan fingerprint density at radius 1 is 0.533 bits per heavy atom. The van der Waals surface area contributed by atoms with E-state index in [-0.39, 0.29) is 0 Å². The van der Waals surface area contributed by atoms with Crippen LogP contribution in [0.15, 0.2) is 81.6 Å². The normalized spacial score (nSPS) is 12.3. The van der Waals surface area contributed by atoms with Crippen molar-refractivity contribution in [3.8, 4) is 0 Å². The van der Waals surface area contributed by atoms with Gasteiger partial charge in [0.05, 0.1) is 0 Å². The van der Waals surface area contributed by atoms with Gasteiger partial charge in [0.15, 0.2) is 11.2 Å². The van der Waals surface area contributed by atoms with Gasteiger partial charge in [0.2, 0.25) is 0 Å². The number of furan rings is 2. The molecule has 0 aliphatic heterocycles. The van der Waals surface area contributed by atoms with E-state index in [9.17, 15) is 0 Å². The summed E-state index contributed by atoms with van der Waals surface area (Å²) in [6.07, 6.45) is 0. The van der Waals surface area contributed by atoms with E-state index in [1.165, 1.54) is 27.3 Å². The molecule has 0 amide bonds. The molecule has 0 N–H and O–H groups in total. The van der Waals surface area contributed by atoms with Crippen LogP contribution in [0.5, 0.6) is 0 Å². The minimum absolute atomic E-state index is 0.827. The van der Waals surface area contributed by atoms with Crippen LogP contribution in [-0.2, 0) is 0 Å². The molecule has 0 bridgehead atoms. The molecular formula is C28H18O2. The quantitative estimate of drug-likeness (QED) is 0.261. The van der Waals surface area contributed by atoms with Crippen molar-refractivity contribution in [1.82, 2.24) is 0 Å². The maximum Gasteiger partial charge on any atom is 0.178 e. The molecule has 7 aromatic rings. The van der Waals surface area contributed by atoms with Crippen molar-refractivity contribution in [2.45, 2.75) is 13.8 Å². The topological polar surface area (TPSA) is 26.3 Å².